The number of amides is 3. The maximum atomic E-state index is 13.8. The minimum absolute atomic E-state index is 0.0142. The first-order chi connectivity index (χ1) is 41.7. The summed E-state index contributed by atoms with van der Waals surface area (Å²) >= 11 is 0. The highest BCUT2D eigenvalue weighted by Crippen LogP contribution is 2.69. The summed E-state index contributed by atoms with van der Waals surface area (Å²) in [5.74, 6) is 0.990. The van der Waals surface area contributed by atoms with Crippen LogP contribution in [0.4, 0.5) is 4.79 Å². The third-order valence-electron chi connectivity index (χ3n) is 20.1. The number of urea groups is 1. The van der Waals surface area contributed by atoms with Gasteiger partial charge in [0.1, 0.15) is 0 Å². The first-order valence-corrected chi connectivity index (χ1v) is 33.8. The number of carbonyl (C=O) groups excluding carboxylic acids is 2. The Kier molecular flexibility index (Phi) is 35.7. The van der Waals surface area contributed by atoms with Crippen LogP contribution in [0.5, 0.6) is 0 Å². The van der Waals surface area contributed by atoms with Crippen molar-refractivity contribution in [2.24, 2.45) is 63.5 Å². The molecule has 4 aliphatic carbocycles. The van der Waals surface area contributed by atoms with Gasteiger partial charge < -0.3 is 76.1 Å². The molecule has 0 aromatic rings. The molecular weight excluding hydrogens is 1100 g/mol. The van der Waals surface area contributed by atoms with Gasteiger partial charge >= 0.3 is 18.0 Å². The molecule has 5 unspecified atom stereocenters. The van der Waals surface area contributed by atoms with Crippen molar-refractivity contribution < 1.29 is 62.5 Å². The Balaban J connectivity index is 1.00. The fourth-order valence-electron chi connectivity index (χ4n) is 15.5. The first kappa shape index (κ1) is 73.9. The highest BCUT2D eigenvalue weighted by Gasteiger charge is 2.66. The largest absolute Gasteiger partial charge is 0.480 e. The van der Waals surface area contributed by atoms with Gasteiger partial charge in [-0.3, -0.25) is 29.1 Å². The van der Waals surface area contributed by atoms with Gasteiger partial charge in [0.2, 0.25) is 5.91 Å². The minimum Gasteiger partial charge on any atom is -0.480 e. The number of carboxylic acids is 2. The van der Waals surface area contributed by atoms with Crippen LogP contribution in [0, 0.1) is 46.3 Å². The molecule has 5 aliphatic rings. The maximum Gasteiger partial charge on any atom is 0.317 e. The summed E-state index contributed by atoms with van der Waals surface area (Å²) < 4.78 is 43.4. The van der Waals surface area contributed by atoms with Gasteiger partial charge in [0, 0.05) is 90.7 Å². The predicted molar refractivity (Wildman–Crippen MR) is 334 cm³/mol. The number of carboxylic acid groups (broad SMARTS) is 2. The second kappa shape index (κ2) is 41.5. The van der Waals surface area contributed by atoms with Crippen molar-refractivity contribution in [1.82, 2.24) is 30.2 Å². The average molecular weight is 1220 g/mol. The molecule has 5 rings (SSSR count). The van der Waals surface area contributed by atoms with Crippen molar-refractivity contribution >= 4 is 23.9 Å². The van der Waals surface area contributed by atoms with Crippen LogP contribution in [-0.2, 0) is 47.5 Å². The number of nitrogens with one attached hydrogen (secondary N) is 2. The zero-order chi connectivity index (χ0) is 62.0. The van der Waals surface area contributed by atoms with Gasteiger partial charge in [0.05, 0.1) is 90.8 Å². The van der Waals surface area contributed by atoms with E-state index in [0.717, 1.165) is 90.3 Å². The third-order valence-corrected chi connectivity index (χ3v) is 20.1. The second-order valence-electron chi connectivity index (χ2n) is 26.0. The molecular formula is C64H121N9O13. The molecule has 22 heteroatoms. The minimum atomic E-state index is -0.947. The van der Waals surface area contributed by atoms with E-state index in [0.29, 0.717) is 180 Å². The van der Waals surface area contributed by atoms with Crippen LogP contribution < -0.4 is 27.8 Å². The second-order valence-corrected chi connectivity index (χ2v) is 26.0. The molecule has 10 N–H and O–H groups in total. The van der Waals surface area contributed by atoms with E-state index < -0.39 is 11.9 Å². The Morgan fingerprint density at radius 1 is 0.581 bits per heavy atom. The highest BCUT2D eigenvalue weighted by molar-refractivity contribution is 5.78. The molecule has 86 heavy (non-hydrogen) atoms. The number of aliphatic carboxylic acids is 2. The number of carbonyl (C=O) groups is 4. The summed E-state index contributed by atoms with van der Waals surface area (Å²) in [6.45, 7) is 21.9. The van der Waals surface area contributed by atoms with Crippen LogP contribution in [0.15, 0.2) is 0 Å². The molecule has 22 nitrogen and oxygen atoms in total. The number of nitrogens with two attached hydrogens (primary N) is 3. The number of ether oxygens (including phenoxy) is 7. The summed E-state index contributed by atoms with van der Waals surface area (Å²) in [6.07, 6.45) is 20.3. The number of hydrogen-bond acceptors (Lipinski definition) is 17. The zero-order valence-electron chi connectivity index (χ0n) is 53.9. The normalized spacial score (nSPS) is 27.7. The number of rotatable bonds is 45. The van der Waals surface area contributed by atoms with Crippen molar-refractivity contribution in [3.63, 3.8) is 0 Å². The van der Waals surface area contributed by atoms with E-state index in [1.807, 2.05) is 9.80 Å². The zero-order valence-corrected chi connectivity index (χ0v) is 53.9. The van der Waals surface area contributed by atoms with Gasteiger partial charge in [-0.05, 0) is 144 Å². The Morgan fingerprint density at radius 2 is 1.10 bits per heavy atom. The number of nitrogens with zero attached hydrogens (tertiary/aromatic N) is 4. The van der Waals surface area contributed by atoms with Crippen molar-refractivity contribution in [2.75, 3.05) is 177 Å². The SMILES string of the molecule is CCCCCCCCN(CCC[C@@H](C)C1CC[C@H]2C3[C@H](OCCCN)CC4C[C@H](OCCCN)CCC4(C)[C@H]3C[C@H](OCCCN)C12C)C(=O)NCCOCCOCCOCCOCCNC(=O)CN1CCN(CC(=O)O)CCN(CC(=O)O)CC1. The van der Waals surface area contributed by atoms with Crippen LogP contribution in [0.25, 0.3) is 0 Å². The third kappa shape index (κ3) is 24.7. The quantitative estimate of drug-likeness (QED) is 0.0389. The molecule has 1 heterocycles. The van der Waals surface area contributed by atoms with Crippen molar-refractivity contribution in [3.8, 4) is 0 Å². The molecule has 0 bridgehead atoms. The van der Waals surface area contributed by atoms with E-state index in [4.69, 9.17) is 50.4 Å². The monoisotopic (exact) mass is 1220 g/mol. The predicted octanol–water partition coefficient (Wildman–Crippen LogP) is 5.13. The lowest BCUT2D eigenvalue weighted by Crippen LogP contribution is -2.63. The summed E-state index contributed by atoms with van der Waals surface area (Å²) in [4.78, 5) is 56.7. The van der Waals surface area contributed by atoms with E-state index in [1.54, 1.807) is 9.80 Å². The van der Waals surface area contributed by atoms with E-state index >= 15 is 0 Å². The molecule has 1 saturated heterocycles. The number of unbranched alkanes of at least 4 members (excludes halogenated alkanes) is 5. The topological polar surface area (TPSA) is 288 Å². The van der Waals surface area contributed by atoms with Gasteiger partial charge in [0.15, 0.2) is 0 Å². The summed E-state index contributed by atoms with van der Waals surface area (Å²) in [5, 5.41) is 24.6. The van der Waals surface area contributed by atoms with E-state index in [-0.39, 0.29) is 54.6 Å². The molecule has 0 aromatic carbocycles. The lowest BCUT2D eigenvalue weighted by Gasteiger charge is -2.65. The molecule has 0 spiro atoms. The fourth-order valence-corrected chi connectivity index (χ4v) is 15.5. The van der Waals surface area contributed by atoms with E-state index in [1.165, 1.54) is 44.9 Å². The Labute approximate surface area is 517 Å². The summed E-state index contributed by atoms with van der Waals surface area (Å²) in [6, 6.07) is -0.0195. The van der Waals surface area contributed by atoms with Crippen LogP contribution in [0.2, 0.25) is 0 Å². The molecule has 500 valence electrons. The summed E-state index contributed by atoms with van der Waals surface area (Å²) in [5.41, 5.74) is 18.2. The van der Waals surface area contributed by atoms with Crippen LogP contribution in [0.3, 0.4) is 0 Å². The highest BCUT2D eigenvalue weighted by atomic mass is 16.6. The van der Waals surface area contributed by atoms with Gasteiger partial charge in [-0.2, -0.15) is 0 Å². The van der Waals surface area contributed by atoms with Crippen LogP contribution in [-0.4, -0.2) is 249 Å². The number of fused-ring (bicyclic) bond motifs is 5. The summed E-state index contributed by atoms with van der Waals surface area (Å²) in [7, 11) is 0. The van der Waals surface area contributed by atoms with Crippen molar-refractivity contribution in [1.29, 1.82) is 0 Å². The lowest BCUT2D eigenvalue weighted by atomic mass is 9.43. The van der Waals surface area contributed by atoms with Crippen molar-refractivity contribution in [2.45, 2.75) is 162 Å². The molecule has 3 amide bonds. The average Bonchev–Trinajstić information content (AvgIpc) is 1.29. The van der Waals surface area contributed by atoms with Gasteiger partial charge in [-0.1, -0.05) is 59.8 Å². The fraction of sp³-hybridized carbons (Fsp3) is 0.938. The Bertz CT molecular complexity index is 1860. The lowest BCUT2D eigenvalue weighted by molar-refractivity contribution is -0.227. The van der Waals surface area contributed by atoms with Gasteiger partial charge in [0.25, 0.3) is 0 Å². The van der Waals surface area contributed by atoms with Gasteiger partial charge in [-0.25, -0.2) is 4.79 Å². The maximum absolute atomic E-state index is 13.8. The van der Waals surface area contributed by atoms with Crippen LogP contribution >= 0.6 is 0 Å². The van der Waals surface area contributed by atoms with E-state index in [9.17, 15) is 29.4 Å². The smallest absolute Gasteiger partial charge is 0.317 e. The molecule has 0 aromatic heterocycles. The molecule has 5 fully saturated rings. The molecule has 11 atom stereocenters. The Hall–Kier alpha value is -2.84. The van der Waals surface area contributed by atoms with Gasteiger partial charge in [-0.15, -0.1) is 0 Å². The first-order valence-electron chi connectivity index (χ1n) is 33.8. The molecule has 0 radical (unpaired) electrons. The van der Waals surface area contributed by atoms with Crippen LogP contribution in [0.1, 0.15) is 143 Å². The van der Waals surface area contributed by atoms with Crippen molar-refractivity contribution in [3.05, 3.63) is 0 Å². The van der Waals surface area contributed by atoms with E-state index in [2.05, 4.69) is 38.3 Å². The number of hydrogen-bond donors (Lipinski definition) is 7. The standard InChI is InChI=1S/C64H121N9O13/c1-5-6-7-8-9-10-25-73(62(79)69-24-37-81-39-41-83-43-42-82-40-38-80-36-23-68-58(74)47-70-27-29-71(48-59(75)76)31-32-72(30-28-70)49-60(77)78)26-11-15-50(2)53-16-17-54-61-55(46-57(64(53,54)4)86-35-14-22-67)63(3)19-18-52(84-33-12-20-65)44-51(63)45-56(61)85-34-13-21-66/h50-57,61H,5-49,65-67H2,1-4H3,(H,68,74)(H,69,79)(H,75,76)(H,77,78)/t50-,51?,52-,53?,54+,55+,56-,57+,61?,63?,64?/m1/s1. The Morgan fingerprint density at radius 3 is 1.69 bits per heavy atom. The molecule has 4 saturated carbocycles. The molecule has 1 aliphatic heterocycles.